The van der Waals surface area contributed by atoms with Gasteiger partial charge in [0, 0.05) is 4.47 Å². The van der Waals surface area contributed by atoms with Gasteiger partial charge in [-0.2, -0.15) is 0 Å². The molecular weight excluding hydrogens is 216 g/mol. The van der Waals surface area contributed by atoms with Crippen molar-refractivity contribution in [3.8, 4) is 5.75 Å². The minimum absolute atomic E-state index is 0.395. The summed E-state index contributed by atoms with van der Waals surface area (Å²) in [5.74, 6) is 0.970. The Balaban J connectivity index is 2.90. The first-order valence-corrected chi connectivity index (χ1v) is 4.86. The molecule has 2 heteroatoms. The van der Waals surface area contributed by atoms with Crippen LogP contribution in [0.15, 0.2) is 22.7 Å². The van der Waals surface area contributed by atoms with Gasteiger partial charge in [0.05, 0.1) is 0 Å². The second-order valence-corrected chi connectivity index (χ2v) is 4.29. The number of benzene rings is 1. The van der Waals surface area contributed by atoms with E-state index in [1.807, 2.05) is 12.1 Å². The molecule has 0 amide bonds. The third-order valence-corrected chi connectivity index (χ3v) is 2.16. The van der Waals surface area contributed by atoms with Crippen LogP contribution in [0.4, 0.5) is 0 Å². The van der Waals surface area contributed by atoms with Crippen molar-refractivity contribution in [1.29, 1.82) is 0 Å². The number of halogens is 1. The number of phenolic OH excluding ortho intramolecular Hbond substituents is 1. The van der Waals surface area contributed by atoms with E-state index in [9.17, 15) is 5.11 Å². The summed E-state index contributed by atoms with van der Waals surface area (Å²) in [6.45, 7) is 4.28. The fraction of sp³-hybridized carbons (Fsp3) is 0.400. The van der Waals surface area contributed by atoms with Gasteiger partial charge >= 0.3 is 0 Å². The van der Waals surface area contributed by atoms with Crippen LogP contribution >= 0.6 is 15.9 Å². The van der Waals surface area contributed by atoms with Gasteiger partial charge in [-0.25, -0.2) is 0 Å². The van der Waals surface area contributed by atoms with Gasteiger partial charge in [-0.15, -0.1) is 0 Å². The summed E-state index contributed by atoms with van der Waals surface area (Å²) < 4.78 is 1.02. The summed E-state index contributed by atoms with van der Waals surface area (Å²) in [5.41, 5.74) is 1.01. The Kier molecular flexibility index (Phi) is 3.15. The Morgan fingerprint density at radius 3 is 2.67 bits per heavy atom. The highest BCUT2D eigenvalue weighted by molar-refractivity contribution is 9.10. The Hall–Kier alpha value is -0.500. The molecule has 1 nitrogen and oxygen atoms in total. The van der Waals surface area contributed by atoms with Crippen LogP contribution in [0.2, 0.25) is 0 Å². The summed E-state index contributed by atoms with van der Waals surface area (Å²) >= 11 is 3.38. The van der Waals surface area contributed by atoms with Gasteiger partial charge in [0.25, 0.3) is 0 Å². The van der Waals surface area contributed by atoms with Gasteiger partial charge in [-0.1, -0.05) is 29.8 Å². The molecule has 1 aromatic carbocycles. The molecule has 0 spiro atoms. The molecule has 0 aliphatic heterocycles. The molecule has 1 N–H and O–H groups in total. The normalized spacial score (nSPS) is 10.7. The van der Waals surface area contributed by atoms with Crippen molar-refractivity contribution in [3.05, 3.63) is 28.2 Å². The lowest BCUT2D eigenvalue weighted by molar-refractivity contribution is 0.462. The Morgan fingerprint density at radius 1 is 1.42 bits per heavy atom. The monoisotopic (exact) mass is 228 g/mol. The average Bonchev–Trinajstić information content (AvgIpc) is 1.96. The standard InChI is InChI=1S/C10H13BrO/c1-7(2)5-8-6-9(11)3-4-10(8)12/h3-4,6-7,12H,5H2,1-2H3. The third-order valence-electron chi connectivity index (χ3n) is 1.67. The zero-order chi connectivity index (χ0) is 9.14. The highest BCUT2D eigenvalue weighted by Gasteiger charge is 2.03. The lowest BCUT2D eigenvalue weighted by Crippen LogP contribution is -1.94. The van der Waals surface area contributed by atoms with E-state index < -0.39 is 0 Å². The summed E-state index contributed by atoms with van der Waals surface area (Å²) in [6, 6.07) is 5.54. The quantitative estimate of drug-likeness (QED) is 0.824. The Morgan fingerprint density at radius 2 is 2.08 bits per heavy atom. The second kappa shape index (κ2) is 3.94. The highest BCUT2D eigenvalue weighted by atomic mass is 79.9. The van der Waals surface area contributed by atoms with Crippen molar-refractivity contribution in [2.75, 3.05) is 0 Å². The molecule has 12 heavy (non-hydrogen) atoms. The smallest absolute Gasteiger partial charge is 0.118 e. The van der Waals surface area contributed by atoms with E-state index >= 15 is 0 Å². The molecule has 0 saturated carbocycles. The zero-order valence-electron chi connectivity index (χ0n) is 7.34. The van der Waals surface area contributed by atoms with Gasteiger partial charge in [0.15, 0.2) is 0 Å². The van der Waals surface area contributed by atoms with E-state index in [2.05, 4.69) is 29.8 Å². The predicted molar refractivity (Wildman–Crippen MR) is 54.3 cm³/mol. The molecule has 0 unspecified atom stereocenters. The Bertz CT molecular complexity index is 269. The maximum Gasteiger partial charge on any atom is 0.118 e. The van der Waals surface area contributed by atoms with Gasteiger partial charge in [-0.3, -0.25) is 0 Å². The molecule has 0 fully saturated rings. The number of hydrogen-bond donors (Lipinski definition) is 1. The summed E-state index contributed by atoms with van der Waals surface area (Å²) in [5, 5.41) is 9.46. The average molecular weight is 229 g/mol. The van der Waals surface area contributed by atoms with E-state index in [0.29, 0.717) is 11.7 Å². The number of hydrogen-bond acceptors (Lipinski definition) is 1. The van der Waals surface area contributed by atoms with Crippen molar-refractivity contribution in [2.24, 2.45) is 5.92 Å². The number of phenols is 1. The molecule has 0 aliphatic carbocycles. The van der Waals surface area contributed by atoms with Crippen LogP contribution in [0, 0.1) is 5.92 Å². The summed E-state index contributed by atoms with van der Waals surface area (Å²) in [6.07, 6.45) is 0.922. The van der Waals surface area contributed by atoms with Crippen LogP contribution in [0.25, 0.3) is 0 Å². The van der Waals surface area contributed by atoms with E-state index in [4.69, 9.17) is 0 Å². The topological polar surface area (TPSA) is 20.2 Å². The molecule has 66 valence electrons. The van der Waals surface area contributed by atoms with Gasteiger partial charge in [0.1, 0.15) is 5.75 Å². The predicted octanol–water partition coefficient (Wildman–Crippen LogP) is 3.35. The van der Waals surface area contributed by atoms with E-state index in [1.165, 1.54) is 0 Å². The van der Waals surface area contributed by atoms with Crippen molar-refractivity contribution < 1.29 is 5.11 Å². The maximum absolute atomic E-state index is 9.46. The Labute approximate surface area is 81.6 Å². The van der Waals surface area contributed by atoms with Crippen LogP contribution in [-0.2, 0) is 6.42 Å². The van der Waals surface area contributed by atoms with Gasteiger partial charge in [0.2, 0.25) is 0 Å². The van der Waals surface area contributed by atoms with Crippen molar-refractivity contribution in [1.82, 2.24) is 0 Å². The largest absolute Gasteiger partial charge is 0.508 e. The SMILES string of the molecule is CC(C)Cc1cc(Br)ccc1O. The van der Waals surface area contributed by atoms with Crippen LogP contribution < -0.4 is 0 Å². The fourth-order valence-corrected chi connectivity index (χ4v) is 1.57. The number of aromatic hydroxyl groups is 1. The first kappa shape index (κ1) is 9.59. The summed E-state index contributed by atoms with van der Waals surface area (Å²) in [7, 11) is 0. The minimum atomic E-state index is 0.395. The zero-order valence-corrected chi connectivity index (χ0v) is 8.93. The van der Waals surface area contributed by atoms with Gasteiger partial charge < -0.3 is 5.11 Å². The highest BCUT2D eigenvalue weighted by Crippen LogP contribution is 2.24. The second-order valence-electron chi connectivity index (χ2n) is 3.37. The summed E-state index contributed by atoms with van der Waals surface area (Å²) in [4.78, 5) is 0. The van der Waals surface area contributed by atoms with Crippen LogP contribution in [0.3, 0.4) is 0 Å². The molecule has 0 aliphatic rings. The fourth-order valence-electron chi connectivity index (χ4n) is 1.16. The van der Waals surface area contributed by atoms with Crippen molar-refractivity contribution in [2.45, 2.75) is 20.3 Å². The molecule has 1 aromatic rings. The molecule has 1 rings (SSSR count). The van der Waals surface area contributed by atoms with Crippen LogP contribution in [0.1, 0.15) is 19.4 Å². The van der Waals surface area contributed by atoms with Crippen LogP contribution in [-0.4, -0.2) is 5.11 Å². The van der Waals surface area contributed by atoms with Crippen LogP contribution in [0.5, 0.6) is 5.75 Å². The molecule has 0 bridgehead atoms. The third kappa shape index (κ3) is 2.52. The first-order chi connectivity index (χ1) is 5.59. The molecule has 0 atom stereocenters. The lowest BCUT2D eigenvalue weighted by atomic mass is 10.0. The maximum atomic E-state index is 9.46. The lowest BCUT2D eigenvalue weighted by Gasteiger charge is -2.07. The molecule has 0 heterocycles. The minimum Gasteiger partial charge on any atom is -0.508 e. The van der Waals surface area contributed by atoms with E-state index in [-0.39, 0.29) is 0 Å². The number of rotatable bonds is 2. The molecular formula is C10H13BrO. The van der Waals surface area contributed by atoms with Gasteiger partial charge in [-0.05, 0) is 36.1 Å². The molecule has 0 radical (unpaired) electrons. The first-order valence-electron chi connectivity index (χ1n) is 4.07. The van der Waals surface area contributed by atoms with E-state index in [0.717, 1.165) is 16.5 Å². The van der Waals surface area contributed by atoms with Crippen molar-refractivity contribution in [3.63, 3.8) is 0 Å². The van der Waals surface area contributed by atoms with E-state index in [1.54, 1.807) is 6.07 Å². The van der Waals surface area contributed by atoms with Crippen molar-refractivity contribution >= 4 is 15.9 Å². The molecule has 0 saturated heterocycles. The molecule has 0 aromatic heterocycles.